The van der Waals surface area contributed by atoms with Gasteiger partial charge in [0.25, 0.3) is 0 Å². The number of aliphatic hydroxyl groups is 1. The van der Waals surface area contributed by atoms with Crippen LogP contribution in [0.1, 0.15) is 37.5 Å². The van der Waals surface area contributed by atoms with E-state index in [-0.39, 0.29) is 12.2 Å². The third-order valence-corrected chi connectivity index (χ3v) is 5.77. The third kappa shape index (κ3) is 3.11. The average molecular weight is 365 g/mol. The fourth-order valence-electron chi connectivity index (χ4n) is 3.58. The van der Waals surface area contributed by atoms with Crippen molar-refractivity contribution in [2.75, 3.05) is 5.73 Å². The number of anilines is 1. The van der Waals surface area contributed by atoms with Crippen LogP contribution in [0.3, 0.4) is 0 Å². The molecule has 0 spiro atoms. The number of hydrogen-bond donors (Lipinski definition) is 2. The Labute approximate surface area is 158 Å². The summed E-state index contributed by atoms with van der Waals surface area (Å²) in [7, 11) is 0. The molecule has 26 heavy (non-hydrogen) atoms. The van der Waals surface area contributed by atoms with E-state index in [1.165, 1.54) is 16.0 Å². The first-order valence-corrected chi connectivity index (χ1v) is 9.86. The Hall–Kier alpha value is -2.30. The van der Waals surface area contributed by atoms with Gasteiger partial charge in [0.05, 0.1) is 17.9 Å². The van der Waals surface area contributed by atoms with Crippen molar-refractivity contribution in [3.05, 3.63) is 59.0 Å². The van der Waals surface area contributed by atoms with Gasteiger partial charge in [0.2, 0.25) is 0 Å². The Bertz CT molecular complexity index is 945. The van der Waals surface area contributed by atoms with Crippen molar-refractivity contribution in [1.82, 2.24) is 0 Å². The smallest absolute Gasteiger partial charge is 0.142 e. The van der Waals surface area contributed by atoms with Crippen LogP contribution in [-0.4, -0.2) is 11.2 Å². The van der Waals surface area contributed by atoms with E-state index >= 15 is 0 Å². The second-order valence-electron chi connectivity index (χ2n) is 7.05. The molecule has 0 saturated heterocycles. The second-order valence-corrected chi connectivity index (χ2v) is 7.96. The molecular weight excluding hydrogens is 342 g/mol. The predicted octanol–water partition coefficient (Wildman–Crippen LogP) is 5.43. The number of aliphatic hydroxyl groups excluding tert-OH is 1. The Balaban J connectivity index is 1.67. The van der Waals surface area contributed by atoms with E-state index < -0.39 is 0 Å². The van der Waals surface area contributed by atoms with Crippen LogP contribution in [-0.2, 0) is 6.42 Å². The summed E-state index contributed by atoms with van der Waals surface area (Å²) in [6.45, 7) is 3.99. The molecule has 1 aliphatic rings. The molecule has 1 aliphatic carbocycles. The van der Waals surface area contributed by atoms with Gasteiger partial charge in [-0.25, -0.2) is 0 Å². The number of benzene rings is 2. The van der Waals surface area contributed by atoms with Crippen molar-refractivity contribution in [2.45, 2.75) is 38.9 Å². The number of rotatable bonds is 4. The van der Waals surface area contributed by atoms with Gasteiger partial charge in [0.15, 0.2) is 0 Å². The number of thiophene rings is 1. The average Bonchev–Trinajstić information content (AvgIpc) is 3.24. The van der Waals surface area contributed by atoms with Crippen molar-refractivity contribution in [3.8, 4) is 27.3 Å². The Morgan fingerprint density at radius 3 is 2.77 bits per heavy atom. The van der Waals surface area contributed by atoms with Gasteiger partial charge < -0.3 is 15.6 Å². The van der Waals surface area contributed by atoms with Crippen molar-refractivity contribution >= 4 is 17.0 Å². The van der Waals surface area contributed by atoms with Crippen molar-refractivity contribution in [1.29, 1.82) is 0 Å². The highest BCUT2D eigenvalue weighted by Gasteiger charge is 2.23. The van der Waals surface area contributed by atoms with Crippen molar-refractivity contribution in [2.24, 2.45) is 0 Å². The SMILES string of the molecule is CC(C)Oc1ccc(-c2csc(-c3cccc4c3CCC4O)c2)cc1N. The first-order valence-electron chi connectivity index (χ1n) is 8.98. The molecule has 0 aliphatic heterocycles. The van der Waals surface area contributed by atoms with Gasteiger partial charge in [-0.3, -0.25) is 0 Å². The second kappa shape index (κ2) is 6.78. The lowest BCUT2D eigenvalue weighted by Crippen LogP contribution is -2.07. The fourth-order valence-corrected chi connectivity index (χ4v) is 4.55. The zero-order valence-corrected chi connectivity index (χ0v) is 15.8. The summed E-state index contributed by atoms with van der Waals surface area (Å²) in [5.41, 5.74) is 12.7. The minimum absolute atomic E-state index is 0.103. The zero-order valence-electron chi connectivity index (χ0n) is 15.0. The summed E-state index contributed by atoms with van der Waals surface area (Å²) < 4.78 is 5.72. The Morgan fingerprint density at radius 1 is 1.15 bits per heavy atom. The maximum absolute atomic E-state index is 10.1. The van der Waals surface area contributed by atoms with E-state index in [9.17, 15) is 5.11 Å². The van der Waals surface area contributed by atoms with Crippen LogP contribution in [0.4, 0.5) is 5.69 Å². The molecule has 3 N–H and O–H groups in total. The van der Waals surface area contributed by atoms with Crippen molar-refractivity contribution < 1.29 is 9.84 Å². The van der Waals surface area contributed by atoms with E-state index in [2.05, 4.69) is 23.6 Å². The topological polar surface area (TPSA) is 55.5 Å². The normalized spacial score (nSPS) is 16.1. The molecule has 1 heterocycles. The summed E-state index contributed by atoms with van der Waals surface area (Å²) in [4.78, 5) is 1.23. The molecule has 3 nitrogen and oxygen atoms in total. The molecule has 0 saturated carbocycles. The zero-order chi connectivity index (χ0) is 18.3. The monoisotopic (exact) mass is 365 g/mol. The van der Waals surface area contributed by atoms with Gasteiger partial charge in [0, 0.05) is 4.88 Å². The quantitative estimate of drug-likeness (QED) is 0.606. The van der Waals surface area contributed by atoms with Gasteiger partial charge in [0.1, 0.15) is 5.75 Å². The molecule has 4 heteroatoms. The molecule has 4 rings (SSSR count). The number of fused-ring (bicyclic) bond motifs is 1. The summed E-state index contributed by atoms with van der Waals surface area (Å²) >= 11 is 1.73. The summed E-state index contributed by atoms with van der Waals surface area (Å²) in [6, 6.07) is 14.4. The van der Waals surface area contributed by atoms with Gasteiger partial charge in [-0.05, 0) is 78.1 Å². The van der Waals surface area contributed by atoms with E-state index in [0.29, 0.717) is 5.69 Å². The maximum Gasteiger partial charge on any atom is 0.142 e. The molecule has 0 radical (unpaired) electrons. The highest BCUT2D eigenvalue weighted by molar-refractivity contribution is 7.14. The maximum atomic E-state index is 10.1. The predicted molar refractivity (Wildman–Crippen MR) is 109 cm³/mol. The molecule has 1 atom stereocenters. The molecule has 0 bridgehead atoms. The molecule has 1 unspecified atom stereocenters. The Morgan fingerprint density at radius 2 is 2.00 bits per heavy atom. The molecule has 0 fully saturated rings. The molecule has 2 aromatic carbocycles. The minimum atomic E-state index is -0.322. The van der Waals surface area contributed by atoms with Gasteiger partial charge in [-0.1, -0.05) is 24.3 Å². The van der Waals surface area contributed by atoms with Gasteiger partial charge in [-0.15, -0.1) is 11.3 Å². The van der Waals surface area contributed by atoms with Crippen LogP contribution in [0.15, 0.2) is 47.8 Å². The number of ether oxygens (including phenoxy) is 1. The highest BCUT2D eigenvalue weighted by Crippen LogP contribution is 2.41. The molecule has 0 amide bonds. The fraction of sp³-hybridized carbons (Fsp3) is 0.273. The van der Waals surface area contributed by atoms with Crippen LogP contribution < -0.4 is 10.5 Å². The van der Waals surface area contributed by atoms with Crippen LogP contribution in [0, 0.1) is 0 Å². The lowest BCUT2D eigenvalue weighted by molar-refractivity contribution is 0.180. The molecule has 3 aromatic rings. The first-order chi connectivity index (χ1) is 12.5. The van der Waals surface area contributed by atoms with E-state index in [1.54, 1.807) is 11.3 Å². The van der Waals surface area contributed by atoms with E-state index in [0.717, 1.165) is 35.3 Å². The molecule has 134 valence electrons. The van der Waals surface area contributed by atoms with E-state index in [4.69, 9.17) is 10.5 Å². The molecule has 1 aromatic heterocycles. The number of nitrogen functional groups attached to an aromatic ring is 1. The summed E-state index contributed by atoms with van der Waals surface area (Å²) in [5, 5.41) is 12.3. The van der Waals surface area contributed by atoms with E-state index in [1.807, 2.05) is 38.1 Å². The molecular formula is C22H23NO2S. The lowest BCUT2D eigenvalue weighted by Gasteiger charge is -2.12. The van der Waals surface area contributed by atoms with Gasteiger partial charge >= 0.3 is 0 Å². The van der Waals surface area contributed by atoms with Crippen LogP contribution >= 0.6 is 11.3 Å². The Kier molecular flexibility index (Phi) is 4.47. The summed E-state index contributed by atoms with van der Waals surface area (Å²) in [5.74, 6) is 0.731. The highest BCUT2D eigenvalue weighted by atomic mass is 32.1. The van der Waals surface area contributed by atoms with Crippen LogP contribution in [0.5, 0.6) is 5.75 Å². The minimum Gasteiger partial charge on any atom is -0.489 e. The number of nitrogens with two attached hydrogens (primary N) is 1. The van der Waals surface area contributed by atoms with Gasteiger partial charge in [-0.2, -0.15) is 0 Å². The third-order valence-electron chi connectivity index (χ3n) is 4.81. The van der Waals surface area contributed by atoms with Crippen LogP contribution in [0.2, 0.25) is 0 Å². The largest absolute Gasteiger partial charge is 0.489 e. The first kappa shape index (κ1) is 17.1. The van der Waals surface area contributed by atoms with Crippen LogP contribution in [0.25, 0.3) is 21.6 Å². The lowest BCUT2D eigenvalue weighted by atomic mass is 10.0. The standard InChI is InChI=1S/C22H23NO2S/c1-13(2)25-21-9-6-14(10-19(21)23)15-11-22(26-12-15)18-5-3-4-17-16(18)7-8-20(17)24/h3-6,9-13,20,24H,7-8,23H2,1-2H3. The van der Waals surface area contributed by atoms with Crippen molar-refractivity contribution in [3.63, 3.8) is 0 Å². The summed E-state index contributed by atoms with van der Waals surface area (Å²) in [6.07, 6.45) is 1.54. The number of hydrogen-bond acceptors (Lipinski definition) is 4.